The highest BCUT2D eigenvalue weighted by atomic mass is 16.1. The lowest BCUT2D eigenvalue weighted by Gasteiger charge is -2.05. The highest BCUT2D eigenvalue weighted by molar-refractivity contribution is 6.10. The summed E-state index contributed by atoms with van der Waals surface area (Å²) in [6, 6.07) is 14.4. The van der Waals surface area contributed by atoms with Crippen molar-refractivity contribution in [1.29, 1.82) is 0 Å². The fourth-order valence-corrected chi connectivity index (χ4v) is 2.81. The summed E-state index contributed by atoms with van der Waals surface area (Å²) in [5.41, 5.74) is 3.25. The summed E-state index contributed by atoms with van der Waals surface area (Å²) >= 11 is 0. The summed E-state index contributed by atoms with van der Waals surface area (Å²) in [5, 5.41) is 5.28. The zero-order chi connectivity index (χ0) is 14.8. The average Bonchev–Trinajstić information content (AvgIpc) is 2.81. The molecule has 0 bridgehead atoms. The summed E-state index contributed by atoms with van der Waals surface area (Å²) in [4.78, 5) is 11.7. The lowest BCUT2D eigenvalue weighted by Crippen LogP contribution is -2.07. The van der Waals surface area contributed by atoms with E-state index in [2.05, 4.69) is 41.1 Å². The van der Waals surface area contributed by atoms with E-state index in [0.29, 0.717) is 0 Å². The number of aromatic nitrogens is 1. The molecular weight excluding hydrogens is 260 g/mol. The van der Waals surface area contributed by atoms with Gasteiger partial charge in [-0.05, 0) is 44.2 Å². The number of nitrogens with zero attached hydrogens (tertiary/aromatic N) is 1. The van der Waals surface area contributed by atoms with Crippen LogP contribution in [0.25, 0.3) is 21.8 Å². The number of amides is 1. The van der Waals surface area contributed by atoms with Gasteiger partial charge in [-0.2, -0.15) is 0 Å². The van der Waals surface area contributed by atoms with E-state index in [1.165, 1.54) is 27.9 Å². The molecule has 106 valence electrons. The third kappa shape index (κ3) is 2.31. The van der Waals surface area contributed by atoms with Crippen molar-refractivity contribution in [3.8, 4) is 0 Å². The number of nitrogens with one attached hydrogen (secondary N) is 1. The Morgan fingerprint density at radius 2 is 1.90 bits per heavy atom. The molecule has 0 fully saturated rings. The maximum atomic E-state index is 11.7. The quantitative estimate of drug-likeness (QED) is 0.711. The average molecular weight is 278 g/mol. The smallest absolute Gasteiger partial charge is 0.248 e. The summed E-state index contributed by atoms with van der Waals surface area (Å²) in [7, 11) is 0. The SMILES string of the molecule is C/C=C/C(=O)Nc1ccc2c(c1)c1ccccc1n2CC. The van der Waals surface area contributed by atoms with Crippen molar-refractivity contribution >= 4 is 33.4 Å². The van der Waals surface area contributed by atoms with Crippen molar-refractivity contribution < 1.29 is 4.79 Å². The summed E-state index contributed by atoms with van der Waals surface area (Å²) in [6.07, 6.45) is 3.26. The lowest BCUT2D eigenvalue weighted by molar-refractivity contribution is -0.111. The van der Waals surface area contributed by atoms with E-state index >= 15 is 0 Å². The van der Waals surface area contributed by atoms with Gasteiger partial charge in [0.25, 0.3) is 0 Å². The summed E-state index contributed by atoms with van der Waals surface area (Å²) < 4.78 is 2.29. The normalized spacial score (nSPS) is 11.5. The van der Waals surface area contributed by atoms with Crippen LogP contribution >= 0.6 is 0 Å². The van der Waals surface area contributed by atoms with Crippen molar-refractivity contribution in [1.82, 2.24) is 4.57 Å². The Labute approximate surface area is 123 Å². The minimum absolute atomic E-state index is 0.101. The number of hydrogen-bond donors (Lipinski definition) is 1. The topological polar surface area (TPSA) is 34.0 Å². The molecule has 3 heteroatoms. The first-order valence-corrected chi connectivity index (χ1v) is 7.19. The molecule has 0 unspecified atom stereocenters. The maximum Gasteiger partial charge on any atom is 0.248 e. The van der Waals surface area contributed by atoms with Gasteiger partial charge in [-0.3, -0.25) is 4.79 Å². The molecule has 0 radical (unpaired) electrons. The van der Waals surface area contributed by atoms with E-state index in [-0.39, 0.29) is 5.91 Å². The first kappa shape index (κ1) is 13.4. The molecule has 0 atom stereocenters. The molecule has 3 nitrogen and oxygen atoms in total. The number of fused-ring (bicyclic) bond motifs is 3. The molecule has 1 heterocycles. The van der Waals surface area contributed by atoms with Gasteiger partial charge in [-0.15, -0.1) is 0 Å². The van der Waals surface area contributed by atoms with Gasteiger partial charge in [0.15, 0.2) is 0 Å². The third-order valence-corrected chi connectivity index (χ3v) is 3.67. The van der Waals surface area contributed by atoms with Gasteiger partial charge >= 0.3 is 0 Å². The molecule has 1 amide bonds. The molecular formula is C18H18N2O. The van der Waals surface area contributed by atoms with Gasteiger partial charge in [0.05, 0.1) is 0 Å². The number of aryl methyl sites for hydroxylation is 1. The van der Waals surface area contributed by atoms with Gasteiger partial charge in [-0.25, -0.2) is 0 Å². The number of anilines is 1. The summed E-state index contributed by atoms with van der Waals surface area (Å²) in [5.74, 6) is -0.101. The predicted molar refractivity (Wildman–Crippen MR) is 88.6 cm³/mol. The van der Waals surface area contributed by atoms with E-state index in [0.717, 1.165) is 12.2 Å². The molecule has 0 spiro atoms. The minimum atomic E-state index is -0.101. The molecule has 3 rings (SSSR count). The molecule has 0 saturated heterocycles. The van der Waals surface area contributed by atoms with Crippen LogP contribution in [0.4, 0.5) is 5.69 Å². The fourth-order valence-electron chi connectivity index (χ4n) is 2.81. The molecule has 0 aliphatic carbocycles. The molecule has 3 aromatic rings. The third-order valence-electron chi connectivity index (χ3n) is 3.67. The number of para-hydroxylation sites is 1. The second-order valence-corrected chi connectivity index (χ2v) is 4.98. The zero-order valence-corrected chi connectivity index (χ0v) is 12.3. The van der Waals surface area contributed by atoms with Crippen molar-refractivity contribution in [2.24, 2.45) is 0 Å². The monoisotopic (exact) mass is 278 g/mol. The highest BCUT2D eigenvalue weighted by Crippen LogP contribution is 2.30. The molecule has 21 heavy (non-hydrogen) atoms. The number of benzene rings is 2. The molecule has 0 saturated carbocycles. The van der Waals surface area contributed by atoms with Gasteiger partial charge < -0.3 is 9.88 Å². The Hall–Kier alpha value is -2.55. The Bertz CT molecular complexity index is 843. The first-order chi connectivity index (χ1) is 10.2. The zero-order valence-electron chi connectivity index (χ0n) is 12.3. The van der Waals surface area contributed by atoms with E-state index in [4.69, 9.17) is 0 Å². The van der Waals surface area contributed by atoms with Crippen LogP contribution in [0.2, 0.25) is 0 Å². The van der Waals surface area contributed by atoms with Gasteiger partial charge in [0.2, 0.25) is 5.91 Å². The van der Waals surface area contributed by atoms with Crippen LogP contribution < -0.4 is 5.32 Å². The Balaban J connectivity index is 2.17. The standard InChI is InChI=1S/C18H18N2O/c1-3-7-18(21)19-13-10-11-17-15(12-13)14-8-5-6-9-16(14)20(17)4-2/h3,5-12H,4H2,1-2H3,(H,19,21)/b7-3+. The Morgan fingerprint density at radius 3 is 2.67 bits per heavy atom. The van der Waals surface area contributed by atoms with E-state index < -0.39 is 0 Å². The van der Waals surface area contributed by atoms with Crippen LogP contribution in [-0.2, 0) is 11.3 Å². The van der Waals surface area contributed by atoms with Crippen LogP contribution in [0.1, 0.15) is 13.8 Å². The first-order valence-electron chi connectivity index (χ1n) is 7.19. The molecule has 0 aliphatic heterocycles. The van der Waals surface area contributed by atoms with E-state index in [1.807, 2.05) is 25.1 Å². The number of allylic oxidation sites excluding steroid dienone is 1. The summed E-state index contributed by atoms with van der Waals surface area (Å²) in [6.45, 7) is 4.90. The van der Waals surface area contributed by atoms with Crippen molar-refractivity contribution in [3.63, 3.8) is 0 Å². The van der Waals surface area contributed by atoms with E-state index in [1.54, 1.807) is 6.08 Å². The molecule has 0 aliphatic rings. The Morgan fingerprint density at radius 1 is 1.14 bits per heavy atom. The highest BCUT2D eigenvalue weighted by Gasteiger charge is 2.09. The van der Waals surface area contributed by atoms with Gasteiger partial charge in [0.1, 0.15) is 0 Å². The second-order valence-electron chi connectivity index (χ2n) is 4.98. The van der Waals surface area contributed by atoms with Crippen molar-refractivity contribution in [3.05, 3.63) is 54.6 Å². The van der Waals surface area contributed by atoms with Gasteiger partial charge in [0, 0.05) is 34.0 Å². The minimum Gasteiger partial charge on any atom is -0.341 e. The van der Waals surface area contributed by atoms with Crippen LogP contribution in [0.5, 0.6) is 0 Å². The van der Waals surface area contributed by atoms with Crippen LogP contribution in [0.15, 0.2) is 54.6 Å². The number of rotatable bonds is 3. The molecule has 1 aromatic heterocycles. The van der Waals surface area contributed by atoms with Gasteiger partial charge in [-0.1, -0.05) is 24.3 Å². The molecule has 2 aromatic carbocycles. The predicted octanol–water partition coefficient (Wildman–Crippen LogP) is 4.33. The fraction of sp³-hybridized carbons (Fsp3) is 0.167. The van der Waals surface area contributed by atoms with Crippen LogP contribution in [0, 0.1) is 0 Å². The van der Waals surface area contributed by atoms with Crippen molar-refractivity contribution in [2.45, 2.75) is 20.4 Å². The van der Waals surface area contributed by atoms with E-state index in [9.17, 15) is 4.79 Å². The number of hydrogen-bond acceptors (Lipinski definition) is 1. The van der Waals surface area contributed by atoms with Crippen LogP contribution in [0.3, 0.4) is 0 Å². The second kappa shape index (κ2) is 5.44. The van der Waals surface area contributed by atoms with Crippen molar-refractivity contribution in [2.75, 3.05) is 5.32 Å². The maximum absolute atomic E-state index is 11.7. The largest absolute Gasteiger partial charge is 0.341 e. The number of carbonyl (C=O) groups excluding carboxylic acids is 1. The lowest BCUT2D eigenvalue weighted by atomic mass is 10.1. The molecule has 1 N–H and O–H groups in total. The van der Waals surface area contributed by atoms with Crippen LogP contribution in [-0.4, -0.2) is 10.5 Å². The number of carbonyl (C=O) groups is 1. The Kier molecular flexibility index (Phi) is 3.48.